The second-order valence-corrected chi connectivity index (χ2v) is 7.85. The number of hydrogen-bond acceptors (Lipinski definition) is 4. The van der Waals surface area contributed by atoms with E-state index in [0.717, 1.165) is 24.0 Å². The van der Waals surface area contributed by atoms with Crippen LogP contribution in [0.5, 0.6) is 0 Å². The van der Waals surface area contributed by atoms with Crippen LogP contribution >= 0.6 is 0 Å². The summed E-state index contributed by atoms with van der Waals surface area (Å²) in [5.41, 5.74) is 3.79. The first kappa shape index (κ1) is 21.8. The van der Waals surface area contributed by atoms with E-state index in [1.165, 1.54) is 5.56 Å². The first-order valence-electron chi connectivity index (χ1n) is 10.5. The van der Waals surface area contributed by atoms with Crippen LogP contribution in [0.15, 0.2) is 48.5 Å². The molecule has 0 aliphatic carbocycles. The van der Waals surface area contributed by atoms with Gasteiger partial charge in [-0.15, -0.1) is 0 Å². The maximum absolute atomic E-state index is 12.3. The van der Waals surface area contributed by atoms with Gasteiger partial charge in [0.15, 0.2) is 0 Å². The van der Waals surface area contributed by atoms with E-state index < -0.39 is 0 Å². The summed E-state index contributed by atoms with van der Waals surface area (Å²) in [4.78, 5) is 26.4. The lowest BCUT2D eigenvalue weighted by atomic mass is 9.97. The van der Waals surface area contributed by atoms with Crippen molar-refractivity contribution >= 4 is 12.0 Å². The standard InChI is InChI=1S/C24H30N2O4/c1-18-2-4-21(5-3-18)17-30-24(29)26-13-10-20(11-14-26)16-25-23(28)22-8-6-19(7-9-22)12-15-27/h2-9,20,27H,10-17H2,1H3,(H,25,28). The van der Waals surface area contributed by atoms with Crippen LogP contribution in [0, 0.1) is 12.8 Å². The molecule has 0 aromatic heterocycles. The Hall–Kier alpha value is -2.86. The molecule has 2 amide bonds. The van der Waals surface area contributed by atoms with Crippen LogP contribution in [0.3, 0.4) is 0 Å². The molecule has 0 spiro atoms. The Bertz CT molecular complexity index is 825. The molecule has 0 bridgehead atoms. The van der Waals surface area contributed by atoms with Gasteiger partial charge in [-0.25, -0.2) is 4.79 Å². The minimum atomic E-state index is -0.277. The highest BCUT2D eigenvalue weighted by molar-refractivity contribution is 5.94. The van der Waals surface area contributed by atoms with Gasteiger partial charge < -0.3 is 20.1 Å². The smallest absolute Gasteiger partial charge is 0.410 e. The van der Waals surface area contributed by atoms with Gasteiger partial charge in [0.2, 0.25) is 0 Å². The van der Waals surface area contributed by atoms with Gasteiger partial charge in [0.05, 0.1) is 0 Å². The van der Waals surface area contributed by atoms with Gasteiger partial charge in [0.25, 0.3) is 5.91 Å². The summed E-state index contributed by atoms with van der Waals surface area (Å²) >= 11 is 0. The third-order valence-corrected chi connectivity index (χ3v) is 5.52. The van der Waals surface area contributed by atoms with Crippen molar-refractivity contribution in [3.8, 4) is 0 Å². The second-order valence-electron chi connectivity index (χ2n) is 7.85. The Kier molecular flexibility index (Phi) is 7.85. The first-order chi connectivity index (χ1) is 14.5. The number of likely N-dealkylation sites (tertiary alicyclic amines) is 1. The van der Waals surface area contributed by atoms with Gasteiger partial charge in [-0.1, -0.05) is 42.0 Å². The Morgan fingerprint density at radius 1 is 1.03 bits per heavy atom. The fraction of sp³-hybridized carbons (Fsp3) is 0.417. The third-order valence-electron chi connectivity index (χ3n) is 5.52. The Labute approximate surface area is 177 Å². The molecule has 0 radical (unpaired) electrons. The number of nitrogens with one attached hydrogen (secondary N) is 1. The van der Waals surface area contributed by atoms with Crippen LogP contribution in [0.25, 0.3) is 0 Å². The average molecular weight is 411 g/mol. The number of piperidine rings is 1. The molecule has 160 valence electrons. The summed E-state index contributed by atoms with van der Waals surface area (Å²) in [6.45, 7) is 4.29. The number of nitrogens with zero attached hydrogens (tertiary/aromatic N) is 1. The molecule has 30 heavy (non-hydrogen) atoms. The molecule has 6 nitrogen and oxygen atoms in total. The van der Waals surface area contributed by atoms with E-state index in [-0.39, 0.29) is 25.2 Å². The third kappa shape index (κ3) is 6.32. The number of hydrogen-bond donors (Lipinski definition) is 2. The Morgan fingerprint density at radius 2 is 1.67 bits per heavy atom. The average Bonchev–Trinajstić information content (AvgIpc) is 2.78. The zero-order valence-electron chi connectivity index (χ0n) is 17.5. The highest BCUT2D eigenvalue weighted by Gasteiger charge is 2.24. The van der Waals surface area contributed by atoms with Gasteiger partial charge in [0, 0.05) is 31.8 Å². The van der Waals surface area contributed by atoms with Crippen LogP contribution in [-0.2, 0) is 17.8 Å². The van der Waals surface area contributed by atoms with E-state index in [4.69, 9.17) is 9.84 Å². The molecule has 0 unspecified atom stereocenters. The number of ether oxygens (including phenoxy) is 1. The lowest BCUT2D eigenvalue weighted by molar-refractivity contribution is 0.0800. The monoisotopic (exact) mass is 410 g/mol. The molecule has 0 saturated carbocycles. The maximum Gasteiger partial charge on any atom is 0.410 e. The van der Waals surface area contributed by atoms with E-state index in [0.29, 0.717) is 37.5 Å². The maximum atomic E-state index is 12.3. The minimum Gasteiger partial charge on any atom is -0.445 e. The zero-order chi connectivity index (χ0) is 21.3. The molecule has 2 aromatic carbocycles. The zero-order valence-corrected chi connectivity index (χ0v) is 17.5. The van der Waals surface area contributed by atoms with Crippen LogP contribution in [-0.4, -0.2) is 48.2 Å². The molecule has 1 saturated heterocycles. The second kappa shape index (κ2) is 10.8. The fourth-order valence-corrected chi connectivity index (χ4v) is 3.53. The minimum absolute atomic E-state index is 0.0921. The molecule has 1 heterocycles. The number of rotatable bonds is 7. The lowest BCUT2D eigenvalue weighted by Gasteiger charge is -2.31. The molecule has 2 N–H and O–H groups in total. The largest absolute Gasteiger partial charge is 0.445 e. The number of carbonyl (C=O) groups excluding carboxylic acids is 2. The number of benzene rings is 2. The summed E-state index contributed by atoms with van der Waals surface area (Å²) in [6.07, 6.45) is 2.00. The summed E-state index contributed by atoms with van der Waals surface area (Å²) in [5.74, 6) is 0.259. The van der Waals surface area contributed by atoms with Crippen LogP contribution in [0.4, 0.5) is 4.79 Å². The molecule has 0 atom stereocenters. The van der Waals surface area contributed by atoms with Gasteiger partial charge in [-0.3, -0.25) is 4.79 Å². The summed E-state index contributed by atoms with van der Waals surface area (Å²) in [5, 5.41) is 12.0. The van der Waals surface area contributed by atoms with E-state index in [1.54, 1.807) is 17.0 Å². The van der Waals surface area contributed by atoms with Crippen LogP contribution in [0.1, 0.15) is 39.9 Å². The summed E-state index contributed by atoms with van der Waals surface area (Å²) in [7, 11) is 0. The van der Waals surface area contributed by atoms with Crippen LogP contribution in [0.2, 0.25) is 0 Å². The van der Waals surface area contributed by atoms with E-state index in [1.807, 2.05) is 43.3 Å². The predicted molar refractivity (Wildman–Crippen MR) is 115 cm³/mol. The fourth-order valence-electron chi connectivity index (χ4n) is 3.53. The van der Waals surface area contributed by atoms with Crippen molar-refractivity contribution in [2.45, 2.75) is 32.8 Å². The van der Waals surface area contributed by atoms with Crippen molar-refractivity contribution in [3.63, 3.8) is 0 Å². The van der Waals surface area contributed by atoms with Crippen molar-refractivity contribution in [3.05, 3.63) is 70.8 Å². The predicted octanol–water partition coefficient (Wildman–Crippen LogP) is 3.31. The van der Waals surface area contributed by atoms with E-state index >= 15 is 0 Å². The molecule has 6 heteroatoms. The lowest BCUT2D eigenvalue weighted by Crippen LogP contribution is -2.41. The molecule has 2 aromatic rings. The quantitative estimate of drug-likeness (QED) is 0.734. The molecule has 1 aliphatic rings. The molecule has 1 aliphatic heterocycles. The highest BCUT2D eigenvalue weighted by atomic mass is 16.6. The van der Waals surface area contributed by atoms with Gasteiger partial charge in [-0.2, -0.15) is 0 Å². The van der Waals surface area contributed by atoms with E-state index in [2.05, 4.69) is 5.32 Å². The number of aliphatic hydroxyl groups is 1. The normalized spacial score (nSPS) is 14.4. The summed E-state index contributed by atoms with van der Waals surface area (Å²) < 4.78 is 5.43. The van der Waals surface area contributed by atoms with Crippen molar-refractivity contribution in [1.29, 1.82) is 0 Å². The molecule has 1 fully saturated rings. The number of amides is 2. The Morgan fingerprint density at radius 3 is 2.30 bits per heavy atom. The number of carbonyl (C=O) groups is 2. The van der Waals surface area contributed by atoms with Crippen molar-refractivity contribution in [1.82, 2.24) is 10.2 Å². The first-order valence-corrected chi connectivity index (χ1v) is 10.5. The topological polar surface area (TPSA) is 78.9 Å². The highest BCUT2D eigenvalue weighted by Crippen LogP contribution is 2.18. The van der Waals surface area contributed by atoms with Gasteiger partial charge >= 0.3 is 6.09 Å². The number of aliphatic hydroxyl groups excluding tert-OH is 1. The van der Waals surface area contributed by atoms with E-state index in [9.17, 15) is 9.59 Å². The summed E-state index contributed by atoms with van der Waals surface area (Å²) in [6, 6.07) is 15.3. The van der Waals surface area contributed by atoms with Crippen molar-refractivity contribution in [2.75, 3.05) is 26.2 Å². The SMILES string of the molecule is Cc1ccc(COC(=O)N2CCC(CNC(=O)c3ccc(CCO)cc3)CC2)cc1. The number of aryl methyl sites for hydroxylation is 1. The Balaban J connectivity index is 1.37. The van der Waals surface area contributed by atoms with Crippen molar-refractivity contribution < 1.29 is 19.4 Å². The van der Waals surface area contributed by atoms with Crippen molar-refractivity contribution in [2.24, 2.45) is 5.92 Å². The van der Waals surface area contributed by atoms with Gasteiger partial charge in [-0.05, 0) is 55.4 Å². The molecule has 3 rings (SSSR count). The molecular weight excluding hydrogens is 380 g/mol. The van der Waals surface area contributed by atoms with Crippen LogP contribution < -0.4 is 5.32 Å². The molecular formula is C24H30N2O4. The van der Waals surface area contributed by atoms with Gasteiger partial charge in [0.1, 0.15) is 6.61 Å².